The van der Waals surface area contributed by atoms with Crippen LogP contribution in [0.5, 0.6) is 5.75 Å². The molecule has 0 radical (unpaired) electrons. The van der Waals surface area contributed by atoms with Crippen molar-refractivity contribution in [2.45, 2.75) is 39.3 Å². The highest BCUT2D eigenvalue weighted by Crippen LogP contribution is 2.21. The summed E-state index contributed by atoms with van der Waals surface area (Å²) in [4.78, 5) is 17.6. The molecule has 0 saturated carbocycles. The van der Waals surface area contributed by atoms with Crippen LogP contribution < -0.4 is 15.4 Å². The second-order valence-electron chi connectivity index (χ2n) is 6.17. The molecular formula is C18H29FN4O2. The van der Waals surface area contributed by atoms with E-state index in [1.165, 1.54) is 18.1 Å². The minimum atomic E-state index is -0.412. The lowest BCUT2D eigenvalue weighted by Gasteiger charge is -2.22. The first-order chi connectivity index (χ1) is 11.8. The lowest BCUT2D eigenvalue weighted by molar-refractivity contribution is -0.127. The third-order valence-electron chi connectivity index (χ3n) is 3.90. The fourth-order valence-electron chi connectivity index (χ4n) is 2.00. The van der Waals surface area contributed by atoms with Gasteiger partial charge in [0.1, 0.15) is 6.54 Å². The number of benzene rings is 1. The van der Waals surface area contributed by atoms with E-state index in [0.29, 0.717) is 5.96 Å². The molecular weight excluding hydrogens is 323 g/mol. The molecule has 25 heavy (non-hydrogen) atoms. The van der Waals surface area contributed by atoms with Gasteiger partial charge in [-0.15, -0.1) is 0 Å². The van der Waals surface area contributed by atoms with Crippen molar-refractivity contribution in [3.8, 4) is 5.75 Å². The smallest absolute Gasteiger partial charge is 0.243 e. The predicted octanol–water partition coefficient (Wildman–Crippen LogP) is 2.32. The number of guanidine groups is 1. The van der Waals surface area contributed by atoms with Gasteiger partial charge in [0.15, 0.2) is 17.5 Å². The van der Waals surface area contributed by atoms with E-state index in [2.05, 4.69) is 22.5 Å². The Balaban J connectivity index is 2.89. The number of hydrogen-bond acceptors (Lipinski definition) is 3. The number of amides is 1. The van der Waals surface area contributed by atoms with Crippen LogP contribution in [0, 0.1) is 5.82 Å². The molecule has 0 fully saturated rings. The summed E-state index contributed by atoms with van der Waals surface area (Å²) in [5, 5.41) is 6.47. The van der Waals surface area contributed by atoms with Crippen LogP contribution in [-0.4, -0.2) is 50.6 Å². The van der Waals surface area contributed by atoms with Gasteiger partial charge in [0, 0.05) is 20.1 Å². The molecule has 0 aliphatic rings. The van der Waals surface area contributed by atoms with E-state index in [0.717, 1.165) is 12.0 Å². The largest absolute Gasteiger partial charge is 0.494 e. The maximum absolute atomic E-state index is 13.9. The van der Waals surface area contributed by atoms with Crippen LogP contribution in [0.2, 0.25) is 0 Å². The number of rotatable bonds is 7. The highest BCUT2D eigenvalue weighted by Gasteiger charge is 2.13. The van der Waals surface area contributed by atoms with Gasteiger partial charge in [0.2, 0.25) is 5.91 Å². The molecule has 1 amide bonds. The lowest BCUT2D eigenvalue weighted by atomic mass is 10.1. The second kappa shape index (κ2) is 9.86. The van der Waals surface area contributed by atoms with Gasteiger partial charge in [-0.1, -0.05) is 13.0 Å². The Kier molecular flexibility index (Phi) is 8.18. The molecule has 0 aliphatic carbocycles. The standard InChI is InChI=1S/C18H29FN4O2/c1-7-12(2)21-18(20-11-17(24)23(4)5)22-13(3)14-8-9-16(25-6)15(19)10-14/h8-10,12-13H,7,11H2,1-6H3,(H2,20,21,22). The Hall–Kier alpha value is -2.31. The Labute approximate surface area is 149 Å². The van der Waals surface area contributed by atoms with Crippen molar-refractivity contribution in [2.24, 2.45) is 4.99 Å². The fraction of sp³-hybridized carbons (Fsp3) is 0.556. The number of carbonyl (C=O) groups excluding carboxylic acids is 1. The molecule has 0 saturated heterocycles. The van der Waals surface area contributed by atoms with Crippen LogP contribution in [0.25, 0.3) is 0 Å². The summed E-state index contributed by atoms with van der Waals surface area (Å²) in [5.41, 5.74) is 0.760. The van der Waals surface area contributed by atoms with Gasteiger partial charge in [-0.2, -0.15) is 0 Å². The van der Waals surface area contributed by atoms with Gasteiger partial charge in [-0.25, -0.2) is 9.38 Å². The summed E-state index contributed by atoms with van der Waals surface area (Å²) in [6, 6.07) is 4.83. The van der Waals surface area contributed by atoms with Gasteiger partial charge >= 0.3 is 0 Å². The molecule has 140 valence electrons. The highest BCUT2D eigenvalue weighted by atomic mass is 19.1. The van der Waals surface area contributed by atoms with Crippen molar-refractivity contribution >= 4 is 11.9 Å². The van der Waals surface area contributed by atoms with Crippen molar-refractivity contribution in [3.05, 3.63) is 29.6 Å². The number of halogens is 1. The Morgan fingerprint density at radius 3 is 2.52 bits per heavy atom. The number of likely N-dealkylation sites (N-methyl/N-ethyl adjacent to an activating group) is 1. The monoisotopic (exact) mass is 352 g/mol. The average molecular weight is 352 g/mol. The zero-order valence-corrected chi connectivity index (χ0v) is 15.9. The van der Waals surface area contributed by atoms with E-state index in [1.54, 1.807) is 26.2 Å². The van der Waals surface area contributed by atoms with Gasteiger partial charge in [-0.3, -0.25) is 4.79 Å². The van der Waals surface area contributed by atoms with E-state index in [9.17, 15) is 9.18 Å². The molecule has 0 heterocycles. The maximum Gasteiger partial charge on any atom is 0.243 e. The summed E-state index contributed by atoms with van der Waals surface area (Å²) in [6.07, 6.45) is 0.911. The van der Waals surface area contributed by atoms with Gasteiger partial charge in [-0.05, 0) is 38.0 Å². The van der Waals surface area contributed by atoms with Crippen LogP contribution in [0.3, 0.4) is 0 Å². The predicted molar refractivity (Wildman–Crippen MR) is 98.4 cm³/mol. The molecule has 7 heteroatoms. The number of carbonyl (C=O) groups is 1. The zero-order chi connectivity index (χ0) is 19.0. The van der Waals surface area contributed by atoms with Crippen molar-refractivity contribution in [1.82, 2.24) is 15.5 Å². The number of methoxy groups -OCH3 is 1. The maximum atomic E-state index is 13.9. The topological polar surface area (TPSA) is 66.0 Å². The van der Waals surface area contributed by atoms with E-state index >= 15 is 0 Å². The van der Waals surface area contributed by atoms with Crippen LogP contribution in [0.4, 0.5) is 4.39 Å². The first kappa shape index (κ1) is 20.7. The summed E-state index contributed by atoms with van der Waals surface area (Å²) >= 11 is 0. The molecule has 0 bridgehead atoms. The summed E-state index contributed by atoms with van der Waals surface area (Å²) in [6.45, 7) is 6.04. The number of hydrogen-bond donors (Lipinski definition) is 2. The molecule has 1 rings (SSSR count). The molecule has 2 unspecified atom stereocenters. The number of nitrogens with zero attached hydrogens (tertiary/aromatic N) is 2. The van der Waals surface area contributed by atoms with Crippen molar-refractivity contribution in [1.29, 1.82) is 0 Å². The molecule has 2 atom stereocenters. The van der Waals surface area contributed by atoms with Gasteiger partial charge in [0.25, 0.3) is 0 Å². The number of aliphatic imine (C=N–C) groups is 1. The van der Waals surface area contributed by atoms with Gasteiger partial charge in [0.05, 0.1) is 13.2 Å². The van der Waals surface area contributed by atoms with E-state index < -0.39 is 5.82 Å². The van der Waals surface area contributed by atoms with E-state index in [4.69, 9.17) is 4.74 Å². The summed E-state index contributed by atoms with van der Waals surface area (Å²) in [5.74, 6) is 0.227. The number of ether oxygens (including phenoxy) is 1. The average Bonchev–Trinajstić information content (AvgIpc) is 2.58. The Morgan fingerprint density at radius 1 is 1.32 bits per heavy atom. The van der Waals surface area contributed by atoms with Crippen LogP contribution in [0.1, 0.15) is 38.8 Å². The third kappa shape index (κ3) is 6.60. The minimum absolute atomic E-state index is 0.0441. The van der Waals surface area contributed by atoms with Crippen LogP contribution in [-0.2, 0) is 4.79 Å². The summed E-state index contributed by atoms with van der Waals surface area (Å²) in [7, 11) is 4.81. The quantitative estimate of drug-likeness (QED) is 0.584. The van der Waals surface area contributed by atoms with E-state index in [-0.39, 0.29) is 30.3 Å². The normalized spacial score (nSPS) is 13.8. The van der Waals surface area contributed by atoms with E-state index in [1.807, 2.05) is 13.8 Å². The third-order valence-corrected chi connectivity index (χ3v) is 3.90. The first-order valence-electron chi connectivity index (χ1n) is 8.39. The Bertz CT molecular complexity index is 605. The highest BCUT2D eigenvalue weighted by molar-refractivity contribution is 5.85. The van der Waals surface area contributed by atoms with Crippen molar-refractivity contribution in [3.63, 3.8) is 0 Å². The minimum Gasteiger partial charge on any atom is -0.494 e. The lowest BCUT2D eigenvalue weighted by Crippen LogP contribution is -2.43. The van der Waals surface area contributed by atoms with Gasteiger partial charge < -0.3 is 20.3 Å². The molecule has 0 spiro atoms. The molecule has 6 nitrogen and oxygen atoms in total. The number of nitrogens with one attached hydrogen (secondary N) is 2. The van der Waals surface area contributed by atoms with Crippen molar-refractivity contribution in [2.75, 3.05) is 27.7 Å². The SMILES string of the molecule is CCC(C)NC(=NCC(=O)N(C)C)NC(C)c1ccc(OC)c(F)c1. The Morgan fingerprint density at radius 2 is 2.00 bits per heavy atom. The molecule has 2 N–H and O–H groups in total. The first-order valence-corrected chi connectivity index (χ1v) is 8.39. The zero-order valence-electron chi connectivity index (χ0n) is 15.9. The molecule has 1 aromatic carbocycles. The van der Waals surface area contributed by atoms with Crippen LogP contribution in [0.15, 0.2) is 23.2 Å². The molecule has 1 aromatic rings. The van der Waals surface area contributed by atoms with Crippen molar-refractivity contribution < 1.29 is 13.9 Å². The fourth-order valence-corrected chi connectivity index (χ4v) is 2.00. The molecule has 0 aliphatic heterocycles. The second-order valence-corrected chi connectivity index (χ2v) is 6.17. The van der Waals surface area contributed by atoms with Crippen LogP contribution >= 0.6 is 0 Å². The summed E-state index contributed by atoms with van der Waals surface area (Å²) < 4.78 is 18.8. The molecule has 0 aromatic heterocycles.